The number of methoxy groups -OCH3 is 1. The van der Waals surface area contributed by atoms with Gasteiger partial charge in [-0.3, -0.25) is 4.79 Å². The fourth-order valence-electron chi connectivity index (χ4n) is 2.46. The number of halogens is 1. The molecule has 2 rings (SSSR count). The van der Waals surface area contributed by atoms with Crippen LogP contribution in [0.3, 0.4) is 0 Å². The van der Waals surface area contributed by atoms with E-state index in [1.165, 1.54) is 31.0 Å². The highest BCUT2D eigenvalue weighted by molar-refractivity contribution is 8.00. The average molecular weight is 377 g/mol. The maximum absolute atomic E-state index is 13.8. The third kappa shape index (κ3) is 4.98. The van der Waals surface area contributed by atoms with Gasteiger partial charge < -0.3 is 15.2 Å². The lowest BCUT2D eigenvalue weighted by Gasteiger charge is -2.16. The zero-order chi connectivity index (χ0) is 19.3. The minimum atomic E-state index is -1.33. The Bertz CT molecular complexity index is 825. The molecule has 1 amide bonds. The molecule has 7 heteroatoms. The zero-order valence-electron chi connectivity index (χ0n) is 14.7. The van der Waals surface area contributed by atoms with E-state index in [1.807, 2.05) is 32.0 Å². The molecule has 0 fully saturated rings. The van der Waals surface area contributed by atoms with Gasteiger partial charge >= 0.3 is 5.97 Å². The molecular formula is C19H20FNO4S. The molecule has 2 aromatic rings. The summed E-state index contributed by atoms with van der Waals surface area (Å²) in [7, 11) is 1.32. The number of carboxylic acid groups (broad SMARTS) is 1. The predicted molar refractivity (Wildman–Crippen MR) is 98.1 cm³/mol. The van der Waals surface area contributed by atoms with Crippen molar-refractivity contribution in [1.29, 1.82) is 0 Å². The van der Waals surface area contributed by atoms with Crippen molar-refractivity contribution in [2.75, 3.05) is 12.9 Å². The lowest BCUT2D eigenvalue weighted by molar-refractivity contribution is -0.141. The highest BCUT2D eigenvalue weighted by Crippen LogP contribution is 2.24. The first kappa shape index (κ1) is 19.8. The van der Waals surface area contributed by atoms with Gasteiger partial charge in [0.05, 0.1) is 12.9 Å². The van der Waals surface area contributed by atoms with E-state index in [9.17, 15) is 19.1 Å². The maximum Gasteiger partial charge on any atom is 0.330 e. The van der Waals surface area contributed by atoms with Gasteiger partial charge in [0.15, 0.2) is 17.6 Å². The van der Waals surface area contributed by atoms with Gasteiger partial charge in [-0.25, -0.2) is 9.18 Å². The van der Waals surface area contributed by atoms with Crippen LogP contribution in [0.15, 0.2) is 41.3 Å². The Morgan fingerprint density at radius 3 is 2.54 bits per heavy atom. The third-order valence-electron chi connectivity index (χ3n) is 3.75. The quantitative estimate of drug-likeness (QED) is 0.723. The number of carboxylic acids is 1. The minimum absolute atomic E-state index is 0.00890. The molecule has 1 unspecified atom stereocenters. The number of ether oxygens (including phenoxy) is 1. The Balaban J connectivity index is 2.06. The molecule has 0 spiro atoms. The number of hydrogen-bond donors (Lipinski definition) is 2. The lowest BCUT2D eigenvalue weighted by Crippen LogP contribution is -2.34. The van der Waals surface area contributed by atoms with Crippen molar-refractivity contribution in [3.63, 3.8) is 0 Å². The molecule has 2 aromatic carbocycles. The Hall–Kier alpha value is -2.54. The van der Waals surface area contributed by atoms with Gasteiger partial charge in [0.25, 0.3) is 0 Å². The highest BCUT2D eigenvalue weighted by Gasteiger charge is 2.23. The van der Waals surface area contributed by atoms with Gasteiger partial charge in [-0.15, -0.1) is 11.8 Å². The maximum atomic E-state index is 13.8. The van der Waals surface area contributed by atoms with Crippen LogP contribution in [0.1, 0.15) is 22.7 Å². The molecule has 0 saturated heterocycles. The number of nitrogens with one attached hydrogen (secondary N) is 1. The summed E-state index contributed by atoms with van der Waals surface area (Å²) in [5, 5.41) is 11.8. The fraction of sp³-hybridized carbons (Fsp3) is 0.263. The normalized spacial score (nSPS) is 11.7. The van der Waals surface area contributed by atoms with E-state index >= 15 is 0 Å². The summed E-state index contributed by atoms with van der Waals surface area (Å²) in [5.41, 5.74) is 2.32. The van der Waals surface area contributed by atoms with E-state index in [2.05, 4.69) is 5.32 Å². The van der Waals surface area contributed by atoms with Crippen molar-refractivity contribution in [3.05, 3.63) is 58.9 Å². The van der Waals surface area contributed by atoms with Crippen molar-refractivity contribution in [2.45, 2.75) is 24.8 Å². The third-order valence-corrected chi connectivity index (χ3v) is 4.93. The molecule has 0 aliphatic rings. The smallest absolute Gasteiger partial charge is 0.330 e. The lowest BCUT2D eigenvalue weighted by atomic mass is 10.1. The second-order valence-electron chi connectivity index (χ2n) is 5.79. The molecule has 0 aliphatic carbocycles. The first-order chi connectivity index (χ1) is 12.3. The van der Waals surface area contributed by atoms with E-state index in [0.717, 1.165) is 22.1 Å². The minimum Gasteiger partial charge on any atom is -0.494 e. The Morgan fingerprint density at radius 2 is 1.96 bits per heavy atom. The molecule has 2 N–H and O–H groups in total. The van der Waals surface area contributed by atoms with E-state index in [4.69, 9.17) is 4.74 Å². The van der Waals surface area contributed by atoms with Crippen LogP contribution in [0.4, 0.5) is 4.39 Å². The largest absolute Gasteiger partial charge is 0.494 e. The average Bonchev–Trinajstić information content (AvgIpc) is 2.58. The van der Waals surface area contributed by atoms with Gasteiger partial charge in [-0.05, 0) is 43.2 Å². The summed E-state index contributed by atoms with van der Waals surface area (Å²) in [5.74, 6) is -2.32. The van der Waals surface area contributed by atoms with Gasteiger partial charge in [0.2, 0.25) is 5.91 Å². The van der Waals surface area contributed by atoms with Gasteiger partial charge in [-0.2, -0.15) is 0 Å². The summed E-state index contributed by atoms with van der Waals surface area (Å²) >= 11 is 1.32. The fourth-order valence-corrected chi connectivity index (χ4v) is 3.28. The van der Waals surface area contributed by atoms with Crippen molar-refractivity contribution in [1.82, 2.24) is 5.32 Å². The van der Waals surface area contributed by atoms with Crippen molar-refractivity contribution >= 4 is 23.6 Å². The van der Waals surface area contributed by atoms with E-state index in [0.29, 0.717) is 0 Å². The van der Waals surface area contributed by atoms with Crippen LogP contribution in [-0.4, -0.2) is 29.8 Å². The Labute approximate surface area is 155 Å². The monoisotopic (exact) mass is 377 g/mol. The number of thioether (sulfide) groups is 1. The van der Waals surface area contributed by atoms with Crippen LogP contribution in [0, 0.1) is 19.7 Å². The number of carbonyl (C=O) groups is 2. The van der Waals surface area contributed by atoms with Crippen LogP contribution < -0.4 is 10.1 Å². The molecule has 0 heterocycles. The van der Waals surface area contributed by atoms with Crippen LogP contribution in [-0.2, 0) is 9.59 Å². The van der Waals surface area contributed by atoms with E-state index < -0.39 is 23.7 Å². The highest BCUT2D eigenvalue weighted by atomic mass is 32.2. The summed E-state index contributed by atoms with van der Waals surface area (Å²) in [6.45, 7) is 3.94. The van der Waals surface area contributed by atoms with Crippen molar-refractivity contribution < 1.29 is 23.8 Å². The molecule has 0 saturated carbocycles. The molecule has 0 aliphatic heterocycles. The predicted octanol–water partition coefficient (Wildman–Crippen LogP) is 3.49. The second kappa shape index (κ2) is 8.71. The first-order valence-corrected chi connectivity index (χ1v) is 8.86. The second-order valence-corrected chi connectivity index (χ2v) is 6.81. The molecule has 138 valence electrons. The standard InChI is InChI=1S/C19H20FNO4S/c1-11-4-7-16(12(2)8-11)26-10-17(22)21-18(19(23)24)13-5-6-15(25-3)14(20)9-13/h4-9,18H,10H2,1-3H3,(H,21,22)(H,23,24). The molecule has 0 bridgehead atoms. The number of aliphatic carboxylic acids is 1. The number of rotatable bonds is 7. The SMILES string of the molecule is COc1ccc(C(NC(=O)CSc2ccc(C)cc2C)C(=O)O)cc1F. The van der Waals surface area contributed by atoms with E-state index in [1.54, 1.807) is 0 Å². The van der Waals surface area contributed by atoms with Crippen LogP contribution >= 0.6 is 11.8 Å². The summed E-state index contributed by atoms with van der Waals surface area (Å²) < 4.78 is 18.6. The molecule has 0 radical (unpaired) electrons. The molecule has 26 heavy (non-hydrogen) atoms. The summed E-state index contributed by atoms with van der Waals surface area (Å²) in [4.78, 5) is 24.6. The number of benzene rings is 2. The topological polar surface area (TPSA) is 75.6 Å². The first-order valence-electron chi connectivity index (χ1n) is 7.87. The van der Waals surface area contributed by atoms with Crippen LogP contribution in [0.2, 0.25) is 0 Å². The molecule has 0 aromatic heterocycles. The number of aryl methyl sites for hydroxylation is 2. The van der Waals surface area contributed by atoms with Gasteiger partial charge in [-0.1, -0.05) is 23.8 Å². The summed E-state index contributed by atoms with van der Waals surface area (Å²) in [6, 6.07) is 8.36. The number of carbonyl (C=O) groups excluding carboxylic acids is 1. The van der Waals surface area contributed by atoms with Crippen molar-refractivity contribution in [2.24, 2.45) is 0 Å². The molecule has 1 atom stereocenters. The van der Waals surface area contributed by atoms with Crippen LogP contribution in [0.5, 0.6) is 5.75 Å². The number of amides is 1. The van der Waals surface area contributed by atoms with Gasteiger partial charge in [0, 0.05) is 4.90 Å². The van der Waals surface area contributed by atoms with Crippen molar-refractivity contribution in [3.8, 4) is 5.75 Å². The molecular weight excluding hydrogens is 357 g/mol. The van der Waals surface area contributed by atoms with E-state index in [-0.39, 0.29) is 17.1 Å². The summed E-state index contributed by atoms with van der Waals surface area (Å²) in [6.07, 6.45) is 0. The van der Waals surface area contributed by atoms with Gasteiger partial charge in [0.1, 0.15) is 0 Å². The zero-order valence-corrected chi connectivity index (χ0v) is 15.5. The van der Waals surface area contributed by atoms with Crippen LogP contribution in [0.25, 0.3) is 0 Å². The Kier molecular flexibility index (Phi) is 6.63. The Morgan fingerprint density at radius 1 is 1.23 bits per heavy atom. The molecule has 5 nitrogen and oxygen atoms in total. The number of hydrogen-bond acceptors (Lipinski definition) is 4.